The monoisotopic (exact) mass is 449 g/mol. The number of carbonyl (C=O) groups is 2. The van der Waals surface area contributed by atoms with Crippen LogP contribution in [0, 0.1) is 17.7 Å². The molecule has 166 valence electrons. The van der Waals surface area contributed by atoms with Crippen LogP contribution in [-0.2, 0) is 14.3 Å². The van der Waals surface area contributed by atoms with Crippen molar-refractivity contribution in [1.82, 2.24) is 0 Å². The highest BCUT2D eigenvalue weighted by atomic mass is 35.5. The second-order valence-corrected chi connectivity index (χ2v) is 8.16. The zero-order valence-corrected chi connectivity index (χ0v) is 17.7. The van der Waals surface area contributed by atoms with Gasteiger partial charge in [0.25, 0.3) is 0 Å². The highest BCUT2D eigenvalue weighted by Crippen LogP contribution is 2.31. The molecule has 1 aliphatic carbocycles. The molecule has 6 nitrogen and oxygen atoms in total. The Morgan fingerprint density at radius 1 is 1.06 bits per heavy atom. The van der Waals surface area contributed by atoms with Crippen molar-refractivity contribution in [1.29, 1.82) is 0 Å². The van der Waals surface area contributed by atoms with E-state index in [-0.39, 0.29) is 12.5 Å². The summed E-state index contributed by atoms with van der Waals surface area (Å²) in [5.41, 5.74) is 1.64. The molecule has 0 spiro atoms. The normalized spacial score (nSPS) is 18.4. The van der Waals surface area contributed by atoms with Crippen LogP contribution in [-0.4, -0.2) is 37.0 Å². The Hall–Kier alpha value is -2.64. The molecule has 1 amide bonds. The summed E-state index contributed by atoms with van der Waals surface area (Å²) in [7, 11) is 0. The number of aliphatic carboxylic acids is 1. The lowest BCUT2D eigenvalue weighted by atomic mass is 9.83. The fourth-order valence-electron chi connectivity index (χ4n) is 3.74. The van der Waals surface area contributed by atoms with Crippen molar-refractivity contribution in [2.45, 2.75) is 25.7 Å². The minimum atomic E-state index is -0.965. The fraction of sp³-hybridized carbons (Fsp3) is 0.391. The first-order valence-electron chi connectivity index (χ1n) is 10.2. The number of nitrogens with one attached hydrogen (secondary N) is 1. The number of hydrogen-bond donors (Lipinski definition) is 2. The fourth-order valence-corrected chi connectivity index (χ4v) is 3.93. The van der Waals surface area contributed by atoms with E-state index in [0.29, 0.717) is 41.0 Å². The third-order valence-electron chi connectivity index (χ3n) is 5.35. The van der Waals surface area contributed by atoms with Gasteiger partial charge in [-0.25, -0.2) is 14.0 Å². The number of anilines is 1. The Morgan fingerprint density at radius 2 is 1.77 bits per heavy atom. The number of carboxylic acids is 1. The average molecular weight is 450 g/mol. The molecule has 3 rings (SSSR count). The van der Waals surface area contributed by atoms with E-state index in [2.05, 4.69) is 5.32 Å². The molecule has 0 aromatic heterocycles. The van der Waals surface area contributed by atoms with Gasteiger partial charge in [0.15, 0.2) is 0 Å². The predicted molar refractivity (Wildman–Crippen MR) is 116 cm³/mol. The number of halogens is 2. The number of carbonyl (C=O) groups excluding carboxylic acids is 1. The van der Waals surface area contributed by atoms with E-state index in [1.807, 2.05) is 0 Å². The van der Waals surface area contributed by atoms with Crippen molar-refractivity contribution < 1.29 is 28.6 Å². The van der Waals surface area contributed by atoms with Crippen LogP contribution in [0.1, 0.15) is 25.7 Å². The Labute approximate surface area is 185 Å². The van der Waals surface area contributed by atoms with E-state index >= 15 is 0 Å². The Bertz CT molecular complexity index is 915. The summed E-state index contributed by atoms with van der Waals surface area (Å²) in [5, 5.41) is 11.8. The largest absolute Gasteiger partial charge is 0.480 e. The Morgan fingerprint density at radius 3 is 2.45 bits per heavy atom. The molecule has 0 saturated heterocycles. The molecule has 1 saturated carbocycles. The molecule has 0 heterocycles. The zero-order valence-electron chi connectivity index (χ0n) is 17.0. The van der Waals surface area contributed by atoms with Crippen LogP contribution in [0.25, 0.3) is 11.1 Å². The molecule has 0 radical (unpaired) electrons. The van der Waals surface area contributed by atoms with E-state index in [4.69, 9.17) is 26.2 Å². The SMILES string of the molecule is O=C(O)COCC1CCC(COC(=O)Nc2ccc(F)cc2-c2cccc(Cl)c2)CC1. The summed E-state index contributed by atoms with van der Waals surface area (Å²) in [5.74, 6) is -0.795. The van der Waals surface area contributed by atoms with Crippen molar-refractivity contribution in [3.8, 4) is 11.1 Å². The molecule has 1 aliphatic rings. The van der Waals surface area contributed by atoms with Crippen LogP contribution >= 0.6 is 11.6 Å². The lowest BCUT2D eigenvalue weighted by molar-refractivity contribution is -0.142. The molecule has 8 heteroatoms. The smallest absolute Gasteiger partial charge is 0.411 e. The van der Waals surface area contributed by atoms with Crippen LogP contribution in [0.2, 0.25) is 5.02 Å². The maximum absolute atomic E-state index is 13.8. The number of benzene rings is 2. The highest BCUT2D eigenvalue weighted by Gasteiger charge is 2.23. The summed E-state index contributed by atoms with van der Waals surface area (Å²) >= 11 is 6.04. The number of ether oxygens (including phenoxy) is 2. The van der Waals surface area contributed by atoms with Crippen molar-refractivity contribution >= 4 is 29.4 Å². The Balaban J connectivity index is 1.49. The van der Waals surface area contributed by atoms with Crippen LogP contribution in [0.4, 0.5) is 14.9 Å². The van der Waals surface area contributed by atoms with Gasteiger partial charge in [-0.05, 0) is 73.4 Å². The minimum absolute atomic E-state index is 0.252. The number of rotatable bonds is 8. The summed E-state index contributed by atoms with van der Waals surface area (Å²) < 4.78 is 24.4. The van der Waals surface area contributed by atoms with E-state index in [9.17, 15) is 14.0 Å². The van der Waals surface area contributed by atoms with Gasteiger partial charge in [-0.2, -0.15) is 0 Å². The third kappa shape index (κ3) is 7.22. The summed E-state index contributed by atoms with van der Waals surface area (Å²) in [6, 6.07) is 11.1. The molecular formula is C23H25ClFNO5. The molecule has 2 aromatic rings. The van der Waals surface area contributed by atoms with Crippen LogP contribution in [0.15, 0.2) is 42.5 Å². The van der Waals surface area contributed by atoms with Gasteiger partial charge >= 0.3 is 12.1 Å². The molecule has 0 atom stereocenters. The predicted octanol–water partition coefficient (Wildman–Crippen LogP) is 5.60. The van der Waals surface area contributed by atoms with Gasteiger partial charge < -0.3 is 14.6 Å². The van der Waals surface area contributed by atoms with Gasteiger partial charge in [-0.15, -0.1) is 0 Å². The number of hydrogen-bond acceptors (Lipinski definition) is 4. The van der Waals surface area contributed by atoms with E-state index in [1.54, 1.807) is 24.3 Å². The van der Waals surface area contributed by atoms with E-state index in [0.717, 1.165) is 25.7 Å². The van der Waals surface area contributed by atoms with Crippen LogP contribution in [0.3, 0.4) is 0 Å². The van der Waals surface area contributed by atoms with Crippen molar-refractivity contribution in [3.63, 3.8) is 0 Å². The van der Waals surface area contributed by atoms with Crippen molar-refractivity contribution in [2.24, 2.45) is 11.8 Å². The topological polar surface area (TPSA) is 84.9 Å². The third-order valence-corrected chi connectivity index (χ3v) is 5.58. The second kappa shape index (κ2) is 11.1. The van der Waals surface area contributed by atoms with E-state index in [1.165, 1.54) is 18.2 Å². The van der Waals surface area contributed by atoms with Gasteiger partial charge in [0.1, 0.15) is 12.4 Å². The first-order chi connectivity index (χ1) is 14.9. The zero-order chi connectivity index (χ0) is 22.2. The van der Waals surface area contributed by atoms with E-state index < -0.39 is 17.9 Å². The van der Waals surface area contributed by atoms with Crippen LogP contribution in [0.5, 0.6) is 0 Å². The standard InChI is InChI=1S/C23H25ClFNO5/c24-18-3-1-2-17(10-18)20-11-19(25)8-9-21(20)26-23(29)31-13-16-6-4-15(5-7-16)12-30-14-22(27)28/h1-3,8-11,15-16H,4-7,12-14H2,(H,26,29)(H,27,28). The van der Waals surface area contributed by atoms with Gasteiger partial charge in [0.05, 0.1) is 18.9 Å². The quantitative estimate of drug-likeness (QED) is 0.547. The van der Waals surface area contributed by atoms with Gasteiger partial charge in [0.2, 0.25) is 0 Å². The average Bonchev–Trinajstić information content (AvgIpc) is 2.74. The highest BCUT2D eigenvalue weighted by molar-refractivity contribution is 6.30. The maximum Gasteiger partial charge on any atom is 0.411 e. The molecule has 0 unspecified atom stereocenters. The second-order valence-electron chi connectivity index (χ2n) is 7.72. The molecule has 2 N–H and O–H groups in total. The molecule has 0 aliphatic heterocycles. The lowest BCUT2D eigenvalue weighted by Gasteiger charge is -2.27. The summed E-state index contributed by atoms with van der Waals surface area (Å²) in [6.45, 7) is 0.462. The minimum Gasteiger partial charge on any atom is -0.480 e. The molecule has 31 heavy (non-hydrogen) atoms. The molecular weight excluding hydrogens is 425 g/mol. The first-order valence-corrected chi connectivity index (χ1v) is 10.6. The van der Waals surface area contributed by atoms with Crippen molar-refractivity contribution in [2.75, 3.05) is 25.1 Å². The maximum atomic E-state index is 13.8. The van der Waals surface area contributed by atoms with Crippen molar-refractivity contribution in [3.05, 3.63) is 53.3 Å². The summed E-state index contributed by atoms with van der Waals surface area (Å²) in [6.07, 6.45) is 3.00. The Kier molecular flexibility index (Phi) is 8.26. The number of carboxylic acid groups (broad SMARTS) is 1. The molecule has 2 aromatic carbocycles. The lowest BCUT2D eigenvalue weighted by Crippen LogP contribution is -2.25. The van der Waals surface area contributed by atoms with Gasteiger partial charge in [-0.1, -0.05) is 23.7 Å². The van der Waals surface area contributed by atoms with Gasteiger partial charge in [0, 0.05) is 10.6 Å². The first kappa shape index (κ1) is 23.0. The molecule has 0 bridgehead atoms. The molecule has 1 fully saturated rings. The number of amides is 1. The summed E-state index contributed by atoms with van der Waals surface area (Å²) in [4.78, 5) is 22.8. The van der Waals surface area contributed by atoms with Gasteiger partial charge in [-0.3, -0.25) is 5.32 Å². The van der Waals surface area contributed by atoms with Crippen LogP contribution < -0.4 is 5.32 Å².